The van der Waals surface area contributed by atoms with Crippen molar-refractivity contribution in [3.8, 4) is 0 Å². The Morgan fingerprint density at radius 1 is 1.65 bits per heavy atom. The number of aromatic nitrogens is 1. The molecule has 0 saturated carbocycles. The number of carbonyl (C=O) groups is 1. The maximum Gasteiger partial charge on any atom is 0.311 e. The number of methoxy groups -OCH3 is 1. The van der Waals surface area contributed by atoms with E-state index < -0.39 is 0 Å². The fraction of sp³-hybridized carbons (Fsp3) is 0.636. The maximum absolute atomic E-state index is 11.2. The second kappa shape index (κ2) is 7.24. The number of hydrogen-bond acceptors (Lipinski definition) is 6. The Bertz CT molecular complexity index is 354. The Hall–Kier alpha value is -1.14. The van der Waals surface area contributed by atoms with Gasteiger partial charge in [0.25, 0.3) is 0 Å². The van der Waals surface area contributed by atoms with Gasteiger partial charge in [-0.1, -0.05) is 0 Å². The topological polar surface area (TPSA) is 60.5 Å². The van der Waals surface area contributed by atoms with Crippen molar-refractivity contribution in [2.75, 3.05) is 25.6 Å². The lowest BCUT2D eigenvalue weighted by atomic mass is 10.3. The molecule has 0 aliphatic rings. The first-order chi connectivity index (χ1) is 8.15. The van der Waals surface area contributed by atoms with E-state index in [4.69, 9.17) is 9.47 Å². The number of hydrogen-bond donors (Lipinski definition) is 1. The molecule has 1 unspecified atom stereocenters. The number of nitrogens with zero attached hydrogens (tertiary/aromatic N) is 1. The lowest BCUT2D eigenvalue weighted by Crippen LogP contribution is -2.18. The van der Waals surface area contributed by atoms with Crippen molar-refractivity contribution >= 4 is 22.4 Å². The van der Waals surface area contributed by atoms with Crippen LogP contribution in [0.1, 0.15) is 19.5 Å². The zero-order chi connectivity index (χ0) is 12.7. The van der Waals surface area contributed by atoms with Gasteiger partial charge in [0, 0.05) is 19.0 Å². The summed E-state index contributed by atoms with van der Waals surface area (Å²) in [6.45, 7) is 4.86. The lowest BCUT2D eigenvalue weighted by molar-refractivity contribution is -0.142. The molecule has 0 radical (unpaired) electrons. The average Bonchev–Trinajstić information content (AvgIpc) is 2.74. The zero-order valence-electron chi connectivity index (χ0n) is 10.4. The summed E-state index contributed by atoms with van der Waals surface area (Å²) in [6.07, 6.45) is 0.360. The van der Waals surface area contributed by atoms with Gasteiger partial charge in [0.1, 0.15) is 0 Å². The first-order valence-corrected chi connectivity index (χ1v) is 6.40. The summed E-state index contributed by atoms with van der Waals surface area (Å²) in [5.41, 5.74) is 0.737. The fourth-order valence-corrected chi connectivity index (χ4v) is 1.86. The van der Waals surface area contributed by atoms with Crippen LogP contribution in [0.5, 0.6) is 0 Å². The maximum atomic E-state index is 11.2. The van der Waals surface area contributed by atoms with E-state index in [1.54, 1.807) is 14.0 Å². The van der Waals surface area contributed by atoms with Crippen LogP contribution in [0.3, 0.4) is 0 Å². The van der Waals surface area contributed by atoms with Gasteiger partial charge in [0.05, 0.1) is 24.8 Å². The predicted octanol–water partition coefficient (Wildman–Crippen LogP) is 1.70. The van der Waals surface area contributed by atoms with Gasteiger partial charge in [-0.05, 0) is 13.8 Å². The molecule has 0 bridgehead atoms. The van der Waals surface area contributed by atoms with Gasteiger partial charge in [-0.3, -0.25) is 4.79 Å². The quantitative estimate of drug-likeness (QED) is 0.754. The number of rotatable bonds is 7. The van der Waals surface area contributed by atoms with E-state index >= 15 is 0 Å². The Kier molecular flexibility index (Phi) is 5.93. The highest BCUT2D eigenvalue weighted by molar-refractivity contribution is 7.13. The van der Waals surface area contributed by atoms with Gasteiger partial charge < -0.3 is 14.8 Å². The standard InChI is InChI=1S/C11H18N2O3S/c1-4-16-10(14)5-9-7-17-11(13-9)12-6-8(2)15-3/h7-8H,4-6H2,1-3H3,(H,12,13). The highest BCUT2D eigenvalue weighted by Crippen LogP contribution is 2.16. The van der Waals surface area contributed by atoms with Gasteiger partial charge >= 0.3 is 5.97 Å². The molecule has 5 nitrogen and oxygen atoms in total. The van der Waals surface area contributed by atoms with Crippen LogP contribution in [0.4, 0.5) is 5.13 Å². The molecule has 0 fully saturated rings. The first-order valence-electron chi connectivity index (χ1n) is 5.52. The third-order valence-electron chi connectivity index (χ3n) is 2.13. The van der Waals surface area contributed by atoms with Crippen molar-refractivity contribution in [2.45, 2.75) is 26.4 Å². The van der Waals surface area contributed by atoms with Crippen LogP contribution in [0, 0.1) is 0 Å². The Morgan fingerprint density at radius 3 is 3.06 bits per heavy atom. The smallest absolute Gasteiger partial charge is 0.311 e. The summed E-state index contributed by atoms with van der Waals surface area (Å²) in [5.74, 6) is -0.241. The second-order valence-corrected chi connectivity index (χ2v) is 4.41. The highest BCUT2D eigenvalue weighted by Gasteiger charge is 2.08. The van der Waals surface area contributed by atoms with E-state index in [2.05, 4.69) is 10.3 Å². The summed E-state index contributed by atoms with van der Waals surface area (Å²) in [7, 11) is 1.67. The summed E-state index contributed by atoms with van der Waals surface area (Å²) in [6, 6.07) is 0. The fourth-order valence-electron chi connectivity index (χ4n) is 1.14. The monoisotopic (exact) mass is 258 g/mol. The SMILES string of the molecule is CCOC(=O)Cc1csc(NCC(C)OC)n1. The molecule has 1 atom stereocenters. The van der Waals surface area contributed by atoms with E-state index in [0.29, 0.717) is 13.2 Å². The molecule has 1 aromatic heterocycles. The molecule has 0 amide bonds. The molecule has 1 rings (SSSR count). The van der Waals surface area contributed by atoms with Crippen molar-refractivity contribution < 1.29 is 14.3 Å². The molecule has 1 aromatic rings. The minimum atomic E-state index is -0.241. The van der Waals surface area contributed by atoms with Gasteiger partial charge in [-0.15, -0.1) is 11.3 Å². The van der Waals surface area contributed by atoms with Crippen LogP contribution in [-0.4, -0.2) is 37.3 Å². The van der Waals surface area contributed by atoms with Crippen molar-refractivity contribution in [1.29, 1.82) is 0 Å². The Morgan fingerprint density at radius 2 is 2.41 bits per heavy atom. The van der Waals surface area contributed by atoms with E-state index in [-0.39, 0.29) is 18.5 Å². The molecule has 96 valence electrons. The molecule has 0 spiro atoms. The predicted molar refractivity (Wildman–Crippen MR) is 67.4 cm³/mol. The van der Waals surface area contributed by atoms with Gasteiger partial charge in [0.2, 0.25) is 0 Å². The number of thiazole rings is 1. The normalized spacial score (nSPS) is 12.2. The van der Waals surface area contributed by atoms with Crippen LogP contribution in [0.15, 0.2) is 5.38 Å². The molecule has 0 saturated heterocycles. The van der Waals surface area contributed by atoms with Crippen LogP contribution in [0.25, 0.3) is 0 Å². The Balaban J connectivity index is 2.39. The molecular formula is C11H18N2O3S. The van der Waals surface area contributed by atoms with Crippen LogP contribution in [0.2, 0.25) is 0 Å². The van der Waals surface area contributed by atoms with E-state index in [1.807, 2.05) is 12.3 Å². The molecule has 1 N–H and O–H groups in total. The summed E-state index contributed by atoms with van der Waals surface area (Å²) >= 11 is 1.48. The second-order valence-electron chi connectivity index (χ2n) is 3.55. The minimum Gasteiger partial charge on any atom is -0.466 e. The van der Waals surface area contributed by atoms with Crippen molar-refractivity contribution in [3.63, 3.8) is 0 Å². The van der Waals surface area contributed by atoms with Gasteiger partial charge in [-0.25, -0.2) is 4.98 Å². The molecule has 0 aliphatic carbocycles. The molecule has 6 heteroatoms. The van der Waals surface area contributed by atoms with Crippen LogP contribution < -0.4 is 5.32 Å². The number of anilines is 1. The number of nitrogens with one attached hydrogen (secondary N) is 1. The third kappa shape index (κ3) is 5.14. The van der Waals surface area contributed by atoms with Crippen LogP contribution in [-0.2, 0) is 20.7 Å². The molecule has 1 heterocycles. The average molecular weight is 258 g/mol. The summed E-state index contributed by atoms with van der Waals surface area (Å²) in [4.78, 5) is 15.5. The largest absolute Gasteiger partial charge is 0.466 e. The van der Waals surface area contributed by atoms with Crippen molar-refractivity contribution in [3.05, 3.63) is 11.1 Å². The number of ether oxygens (including phenoxy) is 2. The van der Waals surface area contributed by atoms with Crippen molar-refractivity contribution in [2.24, 2.45) is 0 Å². The van der Waals surface area contributed by atoms with E-state index in [0.717, 1.165) is 10.8 Å². The number of carbonyl (C=O) groups excluding carboxylic acids is 1. The third-order valence-corrected chi connectivity index (χ3v) is 2.97. The van der Waals surface area contributed by atoms with Gasteiger partial charge in [0.15, 0.2) is 5.13 Å². The van der Waals surface area contributed by atoms with Crippen molar-refractivity contribution in [1.82, 2.24) is 4.98 Å². The van der Waals surface area contributed by atoms with E-state index in [1.165, 1.54) is 11.3 Å². The van der Waals surface area contributed by atoms with Crippen LogP contribution >= 0.6 is 11.3 Å². The summed E-state index contributed by atoms with van der Waals surface area (Å²) < 4.78 is 9.97. The lowest BCUT2D eigenvalue weighted by Gasteiger charge is -2.08. The van der Waals surface area contributed by atoms with Gasteiger partial charge in [-0.2, -0.15) is 0 Å². The molecule has 17 heavy (non-hydrogen) atoms. The first kappa shape index (κ1) is 13.9. The summed E-state index contributed by atoms with van der Waals surface area (Å²) in [5, 5.41) is 5.81. The molecule has 0 aromatic carbocycles. The minimum absolute atomic E-state index is 0.132. The Labute approximate surface area is 105 Å². The molecular weight excluding hydrogens is 240 g/mol. The number of esters is 1. The van der Waals surface area contributed by atoms with E-state index in [9.17, 15) is 4.79 Å². The molecule has 0 aliphatic heterocycles. The zero-order valence-corrected chi connectivity index (χ0v) is 11.2. The highest BCUT2D eigenvalue weighted by atomic mass is 32.1.